The van der Waals surface area contributed by atoms with E-state index in [1.165, 1.54) is 0 Å². The molecule has 1 N–H and O–H groups in total. The van der Waals surface area contributed by atoms with Gasteiger partial charge in [0.2, 0.25) is 0 Å². The van der Waals surface area contributed by atoms with Crippen LogP contribution in [0.15, 0.2) is 42.7 Å². The van der Waals surface area contributed by atoms with Crippen LogP contribution in [0.1, 0.15) is 0 Å². The van der Waals surface area contributed by atoms with Gasteiger partial charge in [0.15, 0.2) is 5.76 Å². The van der Waals surface area contributed by atoms with Gasteiger partial charge in [0, 0.05) is 0 Å². The largest absolute Gasteiger partial charge is 0.490 e. The van der Waals surface area contributed by atoms with E-state index in [4.69, 9.17) is 14.6 Å². The Labute approximate surface area is 87.7 Å². The molecule has 0 heterocycles. The molecule has 0 bridgehead atoms. The van der Waals surface area contributed by atoms with Crippen LogP contribution in [0.2, 0.25) is 0 Å². The highest BCUT2D eigenvalue weighted by molar-refractivity contribution is 5.83. The Morgan fingerprint density at radius 1 is 1.27 bits per heavy atom. The molecule has 80 valence electrons. The summed E-state index contributed by atoms with van der Waals surface area (Å²) in [6.07, 6.45) is 0. The molecule has 0 saturated carbocycles. The lowest BCUT2D eigenvalue weighted by atomic mass is 10.3. The highest BCUT2D eigenvalue weighted by Crippen LogP contribution is 2.07. The number of carboxylic acids is 1. The summed E-state index contributed by atoms with van der Waals surface area (Å²) in [4.78, 5) is 10.3. The number of hydrogen-bond acceptors (Lipinski definition) is 3. The molecule has 0 fully saturated rings. The molecule has 1 aromatic rings. The van der Waals surface area contributed by atoms with Crippen molar-refractivity contribution in [1.29, 1.82) is 0 Å². The summed E-state index contributed by atoms with van der Waals surface area (Å²) in [7, 11) is 0. The zero-order valence-electron chi connectivity index (χ0n) is 8.18. The van der Waals surface area contributed by atoms with Gasteiger partial charge in [0.05, 0.1) is 0 Å². The summed E-state index contributed by atoms with van der Waals surface area (Å²) in [5.74, 6) is -0.705. The standard InChI is InChI=1S/C11H12O4/c1-9(11(12)13)14-7-8-15-10-5-3-2-4-6-10/h2-6H,1,7-8H2,(H,12,13). The summed E-state index contributed by atoms with van der Waals surface area (Å²) in [6, 6.07) is 9.21. The van der Waals surface area contributed by atoms with Gasteiger partial charge < -0.3 is 14.6 Å². The first kappa shape index (κ1) is 11.1. The molecule has 4 nitrogen and oxygen atoms in total. The van der Waals surface area contributed by atoms with Crippen molar-refractivity contribution in [3.63, 3.8) is 0 Å². The average molecular weight is 208 g/mol. The lowest BCUT2D eigenvalue weighted by molar-refractivity contribution is -0.136. The Hall–Kier alpha value is -1.97. The minimum atomic E-state index is -1.16. The van der Waals surface area contributed by atoms with Crippen LogP contribution in [-0.4, -0.2) is 24.3 Å². The van der Waals surface area contributed by atoms with Crippen molar-refractivity contribution in [2.24, 2.45) is 0 Å². The van der Waals surface area contributed by atoms with E-state index in [2.05, 4.69) is 6.58 Å². The molecule has 0 aliphatic rings. The van der Waals surface area contributed by atoms with E-state index in [9.17, 15) is 4.79 Å². The SMILES string of the molecule is C=C(OCCOc1ccccc1)C(=O)O. The van der Waals surface area contributed by atoms with Gasteiger partial charge in [-0.1, -0.05) is 18.2 Å². The Morgan fingerprint density at radius 3 is 2.53 bits per heavy atom. The van der Waals surface area contributed by atoms with Crippen molar-refractivity contribution >= 4 is 5.97 Å². The third-order valence-corrected chi connectivity index (χ3v) is 1.61. The molecule has 15 heavy (non-hydrogen) atoms. The number of carbonyl (C=O) groups is 1. The zero-order chi connectivity index (χ0) is 11.1. The molecule has 0 aliphatic heterocycles. The Kier molecular flexibility index (Phi) is 4.22. The molecular formula is C11H12O4. The fraction of sp³-hybridized carbons (Fsp3) is 0.182. The first-order chi connectivity index (χ1) is 7.20. The molecule has 4 heteroatoms. The van der Waals surface area contributed by atoms with E-state index in [1.807, 2.05) is 30.3 Å². The van der Waals surface area contributed by atoms with Gasteiger partial charge in [-0.2, -0.15) is 0 Å². The van der Waals surface area contributed by atoms with Crippen molar-refractivity contribution in [2.45, 2.75) is 0 Å². The fourth-order valence-electron chi connectivity index (χ4n) is 0.903. The normalized spacial score (nSPS) is 9.33. The van der Waals surface area contributed by atoms with Gasteiger partial charge in [0.25, 0.3) is 0 Å². The summed E-state index contributed by atoms with van der Waals surface area (Å²) in [5.41, 5.74) is 0. The average Bonchev–Trinajstić information content (AvgIpc) is 2.25. The van der Waals surface area contributed by atoms with E-state index in [1.54, 1.807) is 0 Å². The number of benzene rings is 1. The third kappa shape index (κ3) is 4.17. The second kappa shape index (κ2) is 5.70. The molecule has 0 saturated heterocycles. The molecule has 0 atom stereocenters. The highest BCUT2D eigenvalue weighted by atomic mass is 16.5. The number of para-hydroxylation sites is 1. The Morgan fingerprint density at radius 2 is 1.93 bits per heavy atom. The number of ether oxygens (including phenoxy) is 2. The maximum Gasteiger partial charge on any atom is 0.370 e. The molecular weight excluding hydrogens is 196 g/mol. The predicted molar refractivity (Wildman–Crippen MR) is 54.7 cm³/mol. The second-order valence-electron chi connectivity index (χ2n) is 2.74. The van der Waals surface area contributed by atoms with Gasteiger partial charge in [-0.15, -0.1) is 0 Å². The fourth-order valence-corrected chi connectivity index (χ4v) is 0.903. The van der Waals surface area contributed by atoms with Gasteiger partial charge in [-0.25, -0.2) is 4.79 Å². The van der Waals surface area contributed by atoms with E-state index in [-0.39, 0.29) is 19.0 Å². The molecule has 0 aliphatic carbocycles. The minimum Gasteiger partial charge on any atom is -0.490 e. The molecule has 0 radical (unpaired) electrons. The van der Waals surface area contributed by atoms with Crippen LogP contribution in [0, 0.1) is 0 Å². The van der Waals surface area contributed by atoms with Crippen molar-refractivity contribution in [2.75, 3.05) is 13.2 Å². The Balaban J connectivity index is 2.18. The maximum atomic E-state index is 10.3. The van der Waals surface area contributed by atoms with Crippen molar-refractivity contribution < 1.29 is 19.4 Å². The number of hydrogen-bond donors (Lipinski definition) is 1. The maximum absolute atomic E-state index is 10.3. The van der Waals surface area contributed by atoms with Crippen LogP contribution < -0.4 is 4.74 Å². The molecule has 0 unspecified atom stereocenters. The van der Waals surface area contributed by atoms with Crippen LogP contribution in [-0.2, 0) is 9.53 Å². The number of carboxylic acid groups (broad SMARTS) is 1. The molecule has 0 aromatic heterocycles. The molecule has 1 aromatic carbocycles. The molecule has 0 spiro atoms. The smallest absolute Gasteiger partial charge is 0.370 e. The van der Waals surface area contributed by atoms with Gasteiger partial charge >= 0.3 is 5.97 Å². The first-order valence-corrected chi connectivity index (χ1v) is 4.43. The van der Waals surface area contributed by atoms with Crippen LogP contribution in [0.3, 0.4) is 0 Å². The number of rotatable bonds is 6. The minimum absolute atomic E-state index is 0.167. The van der Waals surface area contributed by atoms with Gasteiger partial charge in [-0.05, 0) is 18.7 Å². The topological polar surface area (TPSA) is 55.8 Å². The van der Waals surface area contributed by atoms with Gasteiger partial charge in [-0.3, -0.25) is 0 Å². The third-order valence-electron chi connectivity index (χ3n) is 1.61. The van der Waals surface area contributed by atoms with Crippen LogP contribution in [0.25, 0.3) is 0 Å². The van der Waals surface area contributed by atoms with Crippen LogP contribution in [0.5, 0.6) is 5.75 Å². The van der Waals surface area contributed by atoms with E-state index in [0.29, 0.717) is 0 Å². The van der Waals surface area contributed by atoms with Crippen molar-refractivity contribution in [3.05, 3.63) is 42.7 Å². The Bertz CT molecular complexity index is 332. The van der Waals surface area contributed by atoms with Crippen molar-refractivity contribution in [3.8, 4) is 5.75 Å². The molecule has 1 rings (SSSR count). The summed E-state index contributed by atoms with van der Waals surface area (Å²) >= 11 is 0. The zero-order valence-corrected chi connectivity index (χ0v) is 8.18. The summed E-state index contributed by atoms with van der Waals surface area (Å²) in [5, 5.41) is 8.43. The second-order valence-corrected chi connectivity index (χ2v) is 2.74. The van der Waals surface area contributed by atoms with Crippen LogP contribution in [0.4, 0.5) is 0 Å². The summed E-state index contributed by atoms with van der Waals surface area (Å²) < 4.78 is 10.1. The lowest BCUT2D eigenvalue weighted by Crippen LogP contribution is -2.10. The van der Waals surface area contributed by atoms with E-state index >= 15 is 0 Å². The van der Waals surface area contributed by atoms with E-state index in [0.717, 1.165) is 5.75 Å². The molecule has 0 amide bonds. The van der Waals surface area contributed by atoms with E-state index < -0.39 is 5.97 Å². The quantitative estimate of drug-likeness (QED) is 0.439. The number of aliphatic carboxylic acids is 1. The lowest BCUT2D eigenvalue weighted by Gasteiger charge is -2.07. The van der Waals surface area contributed by atoms with Crippen LogP contribution >= 0.6 is 0 Å². The van der Waals surface area contributed by atoms with Crippen molar-refractivity contribution in [1.82, 2.24) is 0 Å². The predicted octanol–water partition coefficient (Wildman–Crippen LogP) is 1.68. The first-order valence-electron chi connectivity index (χ1n) is 4.43. The van der Waals surface area contributed by atoms with Gasteiger partial charge in [0.1, 0.15) is 19.0 Å². The summed E-state index contributed by atoms with van der Waals surface area (Å²) in [6.45, 7) is 3.68. The highest BCUT2D eigenvalue weighted by Gasteiger charge is 2.03. The monoisotopic (exact) mass is 208 g/mol.